The van der Waals surface area contributed by atoms with Crippen LogP contribution in [0.2, 0.25) is 5.02 Å². The van der Waals surface area contributed by atoms with Gasteiger partial charge in [-0.3, -0.25) is 10.1 Å². The zero-order valence-corrected chi connectivity index (χ0v) is 12.4. The number of hydrogen-bond acceptors (Lipinski definition) is 6. The molecule has 0 fully saturated rings. The van der Waals surface area contributed by atoms with E-state index in [1.54, 1.807) is 0 Å². The first kappa shape index (κ1) is 15.2. The number of anilines is 2. The Hall–Kier alpha value is -2.19. The number of aromatic nitrogens is 1. The van der Waals surface area contributed by atoms with E-state index in [9.17, 15) is 18.5 Å². The second-order valence-corrected chi connectivity index (χ2v) is 6.64. The van der Waals surface area contributed by atoms with Gasteiger partial charge in [-0.25, -0.2) is 13.4 Å². The number of halogens is 1. The van der Waals surface area contributed by atoms with E-state index in [0.717, 1.165) is 6.26 Å². The summed E-state index contributed by atoms with van der Waals surface area (Å²) >= 11 is 5.72. The van der Waals surface area contributed by atoms with E-state index < -0.39 is 14.8 Å². The first-order chi connectivity index (χ1) is 9.77. The topological polar surface area (TPSA) is 102 Å². The lowest BCUT2D eigenvalue weighted by molar-refractivity contribution is -0.383. The number of nitro benzene ring substituents is 1. The second kappa shape index (κ2) is 5.66. The van der Waals surface area contributed by atoms with Gasteiger partial charge < -0.3 is 5.32 Å². The number of sulfone groups is 1. The van der Waals surface area contributed by atoms with Gasteiger partial charge in [0.1, 0.15) is 11.5 Å². The Morgan fingerprint density at radius 2 is 2.00 bits per heavy atom. The first-order valence-electron chi connectivity index (χ1n) is 5.64. The van der Waals surface area contributed by atoms with Crippen LogP contribution in [0.25, 0.3) is 0 Å². The molecule has 0 radical (unpaired) electrons. The fraction of sp³-hybridized carbons (Fsp3) is 0.0833. The van der Waals surface area contributed by atoms with Gasteiger partial charge in [0.05, 0.1) is 9.82 Å². The van der Waals surface area contributed by atoms with Crippen molar-refractivity contribution < 1.29 is 13.3 Å². The minimum atomic E-state index is -3.39. The SMILES string of the molecule is CS(=O)(=O)c1ccnc(Nc2ccc(Cl)cc2[N+](=O)[O-])c1. The number of rotatable bonds is 4. The Morgan fingerprint density at radius 3 is 2.62 bits per heavy atom. The van der Waals surface area contributed by atoms with Gasteiger partial charge in [-0.05, 0) is 24.3 Å². The van der Waals surface area contributed by atoms with Crippen molar-refractivity contribution in [3.63, 3.8) is 0 Å². The predicted octanol–water partition coefficient (Wildman–Crippen LogP) is 2.79. The number of nitrogens with zero attached hydrogens (tertiary/aromatic N) is 2. The van der Waals surface area contributed by atoms with E-state index in [-0.39, 0.29) is 27.1 Å². The van der Waals surface area contributed by atoms with E-state index >= 15 is 0 Å². The Bertz CT molecular complexity index is 808. The molecule has 0 bridgehead atoms. The summed E-state index contributed by atoms with van der Waals surface area (Å²) in [7, 11) is -3.39. The van der Waals surface area contributed by atoms with Gasteiger partial charge in [-0.1, -0.05) is 11.6 Å². The van der Waals surface area contributed by atoms with Gasteiger partial charge in [-0.15, -0.1) is 0 Å². The molecule has 2 aromatic rings. The molecule has 0 aliphatic heterocycles. The molecule has 1 N–H and O–H groups in total. The Labute approximate surface area is 125 Å². The molecular weight excluding hydrogens is 318 g/mol. The fourth-order valence-electron chi connectivity index (χ4n) is 1.61. The lowest BCUT2D eigenvalue weighted by atomic mass is 10.2. The van der Waals surface area contributed by atoms with Crippen molar-refractivity contribution in [1.29, 1.82) is 0 Å². The molecule has 1 heterocycles. The average Bonchev–Trinajstić information content (AvgIpc) is 2.40. The predicted molar refractivity (Wildman–Crippen MR) is 78.7 cm³/mol. The number of hydrogen-bond donors (Lipinski definition) is 1. The summed E-state index contributed by atoms with van der Waals surface area (Å²) in [6.07, 6.45) is 2.37. The van der Waals surface area contributed by atoms with Crippen LogP contribution in [0.15, 0.2) is 41.4 Å². The van der Waals surface area contributed by atoms with Crippen molar-refractivity contribution in [3.05, 3.63) is 51.7 Å². The Morgan fingerprint density at radius 1 is 1.29 bits per heavy atom. The highest BCUT2D eigenvalue weighted by molar-refractivity contribution is 7.90. The summed E-state index contributed by atoms with van der Waals surface area (Å²) in [6, 6.07) is 6.75. The highest BCUT2D eigenvalue weighted by Gasteiger charge is 2.15. The monoisotopic (exact) mass is 327 g/mol. The third-order valence-corrected chi connectivity index (χ3v) is 3.92. The van der Waals surface area contributed by atoms with Crippen molar-refractivity contribution in [2.24, 2.45) is 0 Å². The van der Waals surface area contributed by atoms with E-state index in [1.807, 2.05) is 0 Å². The molecule has 0 atom stereocenters. The summed E-state index contributed by atoms with van der Waals surface area (Å²) in [6.45, 7) is 0. The molecule has 0 unspecified atom stereocenters. The van der Waals surface area contributed by atoms with Crippen molar-refractivity contribution in [1.82, 2.24) is 4.98 Å². The standard InChI is InChI=1S/C12H10ClN3O4S/c1-21(19,20)9-4-5-14-12(7-9)15-10-3-2-8(13)6-11(10)16(17)18/h2-7H,1H3,(H,14,15). The number of nitro groups is 1. The normalized spacial score (nSPS) is 11.1. The highest BCUT2D eigenvalue weighted by Crippen LogP contribution is 2.30. The average molecular weight is 328 g/mol. The van der Waals surface area contributed by atoms with Crippen LogP contribution in [0, 0.1) is 10.1 Å². The maximum atomic E-state index is 11.5. The van der Waals surface area contributed by atoms with Crippen LogP contribution in [-0.4, -0.2) is 24.6 Å². The third kappa shape index (κ3) is 3.67. The lowest BCUT2D eigenvalue weighted by Crippen LogP contribution is -2.01. The van der Waals surface area contributed by atoms with Crippen LogP contribution in [-0.2, 0) is 9.84 Å². The van der Waals surface area contributed by atoms with Gasteiger partial charge >= 0.3 is 0 Å². The molecule has 0 aliphatic rings. The number of nitrogens with one attached hydrogen (secondary N) is 1. The van der Waals surface area contributed by atoms with Crippen LogP contribution in [0.3, 0.4) is 0 Å². The summed E-state index contributed by atoms with van der Waals surface area (Å²) in [5.41, 5.74) is -0.0587. The van der Waals surface area contributed by atoms with E-state index in [0.29, 0.717) is 0 Å². The Balaban J connectivity index is 2.41. The minimum Gasteiger partial charge on any atom is -0.335 e. The zero-order chi connectivity index (χ0) is 15.6. The molecule has 110 valence electrons. The smallest absolute Gasteiger partial charge is 0.294 e. The quantitative estimate of drug-likeness (QED) is 0.684. The summed E-state index contributed by atoms with van der Waals surface area (Å²) < 4.78 is 23.0. The molecule has 9 heteroatoms. The van der Waals surface area contributed by atoms with Gasteiger partial charge in [0, 0.05) is 23.5 Å². The van der Waals surface area contributed by atoms with E-state index in [1.165, 1.54) is 36.5 Å². The second-order valence-electron chi connectivity index (χ2n) is 4.19. The largest absolute Gasteiger partial charge is 0.335 e. The van der Waals surface area contributed by atoms with Gasteiger partial charge in [-0.2, -0.15) is 0 Å². The molecule has 0 saturated heterocycles. The fourth-order valence-corrected chi connectivity index (χ4v) is 2.41. The molecule has 0 saturated carbocycles. The van der Waals surface area contributed by atoms with Crippen molar-refractivity contribution in [2.75, 3.05) is 11.6 Å². The van der Waals surface area contributed by atoms with Gasteiger partial charge in [0.2, 0.25) is 0 Å². The summed E-state index contributed by atoms with van der Waals surface area (Å²) in [5.74, 6) is 0.184. The number of benzene rings is 1. The zero-order valence-electron chi connectivity index (χ0n) is 10.8. The van der Waals surface area contributed by atoms with Crippen molar-refractivity contribution in [3.8, 4) is 0 Å². The van der Waals surface area contributed by atoms with Gasteiger partial charge in [0.15, 0.2) is 9.84 Å². The van der Waals surface area contributed by atoms with Crippen LogP contribution >= 0.6 is 11.6 Å². The van der Waals surface area contributed by atoms with E-state index in [2.05, 4.69) is 10.3 Å². The number of pyridine rings is 1. The first-order valence-corrected chi connectivity index (χ1v) is 7.91. The van der Waals surface area contributed by atoms with Crippen LogP contribution < -0.4 is 5.32 Å². The molecule has 2 rings (SSSR count). The summed E-state index contributed by atoms with van der Waals surface area (Å²) in [4.78, 5) is 14.4. The van der Waals surface area contributed by atoms with Gasteiger partial charge in [0.25, 0.3) is 5.69 Å². The summed E-state index contributed by atoms with van der Waals surface area (Å²) in [5, 5.41) is 13.9. The maximum Gasteiger partial charge on any atom is 0.294 e. The van der Waals surface area contributed by atoms with Crippen molar-refractivity contribution in [2.45, 2.75) is 4.90 Å². The molecule has 0 aliphatic carbocycles. The molecule has 0 spiro atoms. The Kier molecular flexibility index (Phi) is 4.10. The molecular formula is C12H10ClN3O4S. The lowest BCUT2D eigenvalue weighted by Gasteiger charge is -2.07. The molecule has 21 heavy (non-hydrogen) atoms. The third-order valence-electron chi connectivity index (χ3n) is 2.58. The van der Waals surface area contributed by atoms with E-state index in [4.69, 9.17) is 11.6 Å². The minimum absolute atomic E-state index is 0.0663. The maximum absolute atomic E-state index is 11.5. The highest BCUT2D eigenvalue weighted by atomic mass is 35.5. The molecule has 1 aromatic heterocycles. The molecule has 7 nitrogen and oxygen atoms in total. The van der Waals surface area contributed by atoms with Crippen LogP contribution in [0.4, 0.5) is 17.2 Å². The van der Waals surface area contributed by atoms with Crippen LogP contribution in [0.5, 0.6) is 0 Å². The van der Waals surface area contributed by atoms with Crippen LogP contribution in [0.1, 0.15) is 0 Å². The molecule has 1 aromatic carbocycles. The molecule has 0 amide bonds. The van der Waals surface area contributed by atoms with Crippen molar-refractivity contribution >= 4 is 38.6 Å².